The van der Waals surface area contributed by atoms with Crippen molar-refractivity contribution in [3.8, 4) is 0 Å². The molecule has 7 heterocycles. The topological polar surface area (TPSA) is 281 Å². The quantitative estimate of drug-likeness (QED) is 0.0239. The molecule has 5 aliphatic heterocycles. The fourth-order valence-electron chi connectivity index (χ4n) is 11.9. The van der Waals surface area contributed by atoms with Crippen molar-refractivity contribution in [2.75, 3.05) is 22.5 Å². The molecule has 7 N–H and O–H groups in total. The zero-order valence-corrected chi connectivity index (χ0v) is 61.4. The first-order valence-electron chi connectivity index (χ1n) is 30.7. The summed E-state index contributed by atoms with van der Waals surface area (Å²) in [6.45, 7) is 5.75. The van der Waals surface area contributed by atoms with Crippen molar-refractivity contribution in [3.63, 3.8) is 0 Å². The van der Waals surface area contributed by atoms with Crippen LogP contribution in [0.4, 0.5) is 11.4 Å². The van der Waals surface area contributed by atoms with Crippen molar-refractivity contribution in [2.24, 2.45) is 5.92 Å². The summed E-state index contributed by atoms with van der Waals surface area (Å²) < 4.78 is 66.3. The summed E-state index contributed by atoms with van der Waals surface area (Å²) in [5.41, 5.74) is 7.96. The summed E-state index contributed by atoms with van der Waals surface area (Å²) in [5, 5.41) is 34.9. The van der Waals surface area contributed by atoms with Gasteiger partial charge in [0.05, 0.1) is 10.6 Å². The Morgan fingerprint density at radius 3 is 1.48 bits per heavy atom. The number of unbranched alkanes of at least 4 members (excludes halogenated alkanes) is 3. The number of anilines is 2. The van der Waals surface area contributed by atoms with Crippen LogP contribution in [-0.4, -0.2) is 73.7 Å². The second-order valence-corrected chi connectivity index (χ2v) is 28.4. The monoisotopic (exact) mass is 1510 g/mol. The van der Waals surface area contributed by atoms with Crippen molar-refractivity contribution in [1.29, 1.82) is 0 Å². The number of allylic oxidation sites excluding steroid dienone is 1. The van der Waals surface area contributed by atoms with Gasteiger partial charge >= 0.3 is 0 Å². The number of rotatable bonds is 18. The van der Waals surface area contributed by atoms with Gasteiger partial charge in [0, 0.05) is 149 Å². The second-order valence-electron chi connectivity index (χ2n) is 23.6. The van der Waals surface area contributed by atoms with Crippen LogP contribution in [0.15, 0.2) is 180 Å². The Kier molecular flexibility index (Phi) is 26.3. The number of Topliss-reactive ketones (excluding diaryl/α,β-unsaturated/α-hetero) is 1. The first-order chi connectivity index (χ1) is 44.6. The molecule has 24 heteroatoms. The molecule has 4 amide bonds. The minimum Gasteiger partial charge on any atom is -0.875 e. The fraction of sp³-hybridized carbons (Fsp3) is 0.282. The minimum atomic E-state index is -4.41. The molecule has 14 rings (SSSR count). The molecule has 3 unspecified atom stereocenters. The Morgan fingerprint density at radius 1 is 0.600 bits per heavy atom. The number of carbonyl (C=O) groups excluding carboxylic acids is 5. The van der Waals surface area contributed by atoms with Crippen LogP contribution < -0.4 is 36.6 Å². The molecule has 0 spiro atoms. The van der Waals surface area contributed by atoms with Gasteiger partial charge in [0.1, 0.15) is 0 Å². The normalized spacial score (nSPS) is 17.3. The summed E-state index contributed by atoms with van der Waals surface area (Å²) in [5.74, 6) is -2.65. The third kappa shape index (κ3) is 19.2. The Hall–Kier alpha value is -6.56. The van der Waals surface area contributed by atoms with Gasteiger partial charge in [-0.15, -0.1) is 26.3 Å². The number of benzene rings is 6. The average Bonchev–Trinajstić information content (AvgIpc) is 1.64. The van der Waals surface area contributed by atoms with Crippen LogP contribution >= 0.6 is 22.7 Å². The SMILES string of the molecule is CCCCCCC1(C)c2cc(S(=O)(=O)O)ccc2NC1CC1=C([O-])C(Cc2ccc(N(CCCS(=O)(=O)O)C(c3cc[c-]s3)c3cc[c-]s3)cc2)C1=O.O=C1NCc2ccc(cc2)CNC(=O)c2cccc(c2)C(=O)NCc2ccc(cc2)CNC(=O)c2cccc1c2.[Y].[Y]. The molecule has 6 aromatic carbocycles. The van der Waals surface area contributed by atoms with Gasteiger partial charge in [-0.25, -0.2) is 0 Å². The summed E-state index contributed by atoms with van der Waals surface area (Å²) in [6, 6.07) is 47.4. The van der Waals surface area contributed by atoms with Crippen molar-refractivity contribution in [2.45, 2.75) is 114 Å². The second kappa shape index (κ2) is 33.6. The van der Waals surface area contributed by atoms with E-state index in [1.165, 1.54) is 34.8 Å². The summed E-state index contributed by atoms with van der Waals surface area (Å²) in [6.07, 6.45) is 5.41. The number of hydrogen-bond donors (Lipinski definition) is 7. The van der Waals surface area contributed by atoms with Crippen LogP contribution in [0.2, 0.25) is 0 Å². The maximum Gasteiger partial charge on any atom is 0.294 e. The third-order valence-electron chi connectivity index (χ3n) is 17.2. The molecule has 8 aromatic rings. The predicted octanol–water partition coefficient (Wildman–Crippen LogP) is 10.7. The van der Waals surface area contributed by atoms with Crippen LogP contribution in [-0.2, 0) is 128 Å². The number of thiophene rings is 2. The van der Waals surface area contributed by atoms with Gasteiger partial charge in [-0.3, -0.25) is 55.8 Å². The van der Waals surface area contributed by atoms with Crippen LogP contribution in [0, 0.1) is 16.7 Å². The van der Waals surface area contributed by atoms with E-state index in [4.69, 9.17) is 0 Å². The van der Waals surface area contributed by atoms with Crippen molar-refractivity contribution >= 4 is 83.7 Å². The fourth-order valence-corrected chi connectivity index (χ4v) is 14.5. The largest absolute Gasteiger partial charge is 0.875 e. The summed E-state index contributed by atoms with van der Waals surface area (Å²) >= 11 is 2.94. The van der Waals surface area contributed by atoms with E-state index >= 15 is 0 Å². The predicted molar refractivity (Wildman–Crippen MR) is 357 cm³/mol. The van der Waals surface area contributed by atoms with Gasteiger partial charge in [-0.05, 0) is 137 Å². The van der Waals surface area contributed by atoms with Gasteiger partial charge in [-0.2, -0.15) is 41.1 Å². The number of ketones is 1. The molecule has 95 heavy (non-hydrogen) atoms. The Balaban J connectivity index is 0.000000247. The molecule has 1 aliphatic carbocycles. The van der Waals surface area contributed by atoms with E-state index < -0.39 is 31.6 Å². The number of amides is 4. The van der Waals surface area contributed by atoms with E-state index in [0.29, 0.717) is 55.0 Å². The molecule has 2 radical (unpaired) electrons. The maximum atomic E-state index is 13.6. The van der Waals surface area contributed by atoms with Crippen molar-refractivity contribution in [1.82, 2.24) is 21.3 Å². The number of carbonyl (C=O) groups is 5. The van der Waals surface area contributed by atoms with Crippen LogP contribution in [0.25, 0.3) is 0 Å². The standard InChI is InChI=1S/C39H44N2O8S4.C32H28N4O4.2Y/c1-3-4-5-6-18-39(2)31-24-28(53(47,48)49)16-17-32(31)40-35(39)25-30-37(42)29(38(30)43)23-26-12-14-27(15-13-26)41(19-9-22-52(44,45)46)36(33-10-7-20-50-33)34-11-8-21-51-34;37-29-25-3-1-4-26(15-25)30(38)34-18-22-9-13-24(14-10-22)20-36-32(40)28-6-2-5-27(16-28)31(39)35-19-23-11-7-21(8-12-23)17-33-29;;/h7-8,10-17,24,29,35-36,40,42H,3-6,9,18-19,22-23,25H2,1-2H3,(H,44,45,46)(H,47,48,49);1-16H,17-20H2,(H,33,37)(H,34,38)(H,35,39)(H,36,40);;/q-2;;;/p-1. The molecular formula is C71H71N6O12S4Y2-3. The smallest absolute Gasteiger partial charge is 0.294 e. The van der Waals surface area contributed by atoms with E-state index in [2.05, 4.69) is 49.2 Å². The number of hydrogen-bond acceptors (Lipinski definition) is 14. The van der Waals surface area contributed by atoms with Gasteiger partial charge in [-0.1, -0.05) is 112 Å². The van der Waals surface area contributed by atoms with E-state index in [-0.39, 0.29) is 148 Å². The molecule has 0 saturated carbocycles. The third-order valence-corrected chi connectivity index (χ3v) is 20.5. The maximum absolute atomic E-state index is 13.6. The van der Waals surface area contributed by atoms with Gasteiger partial charge in [0.25, 0.3) is 43.9 Å². The average molecular weight is 1510 g/mol. The summed E-state index contributed by atoms with van der Waals surface area (Å²) in [7, 11) is -8.56. The van der Waals surface area contributed by atoms with Gasteiger partial charge in [0.2, 0.25) is 0 Å². The molecule has 3 atom stereocenters. The summed E-state index contributed by atoms with van der Waals surface area (Å²) in [4.78, 5) is 68.5. The molecule has 0 fully saturated rings. The van der Waals surface area contributed by atoms with Gasteiger partial charge in [0.15, 0.2) is 5.78 Å². The van der Waals surface area contributed by atoms with Gasteiger partial charge < -0.3 is 36.6 Å². The number of fused-ring (bicyclic) bond motifs is 1. The van der Waals surface area contributed by atoms with Crippen LogP contribution in [0.3, 0.4) is 0 Å². The van der Waals surface area contributed by atoms with E-state index in [9.17, 15) is 55.0 Å². The molecule has 0 saturated heterocycles. The zero-order valence-electron chi connectivity index (χ0n) is 52.4. The van der Waals surface area contributed by atoms with E-state index in [1.54, 1.807) is 54.6 Å². The molecule has 8 bridgehead atoms. The first-order valence-corrected chi connectivity index (χ1v) is 35.4. The zero-order chi connectivity index (χ0) is 65.9. The number of nitrogens with one attached hydrogen (secondary N) is 5. The molecule has 490 valence electrons. The minimum absolute atomic E-state index is 0. The van der Waals surface area contributed by atoms with Crippen LogP contribution in [0.5, 0.6) is 0 Å². The molecule has 18 nitrogen and oxygen atoms in total. The Morgan fingerprint density at radius 2 is 1.07 bits per heavy atom. The Labute approximate surface area is 612 Å². The van der Waals surface area contributed by atoms with Crippen LogP contribution in [0.1, 0.15) is 149 Å². The molecule has 6 aliphatic rings. The number of nitrogens with zero attached hydrogens (tertiary/aromatic N) is 1. The first kappa shape index (κ1) is 74.2. The van der Waals surface area contributed by atoms with E-state index in [1.807, 2.05) is 104 Å². The molecular weight excluding hydrogens is 1430 g/mol. The van der Waals surface area contributed by atoms with Crippen molar-refractivity contribution < 1.29 is 120 Å². The van der Waals surface area contributed by atoms with E-state index in [0.717, 1.165) is 86.6 Å². The Bertz CT molecular complexity index is 4010. The molecule has 2 aromatic heterocycles. The van der Waals surface area contributed by atoms with Crippen molar-refractivity contribution in [3.05, 3.63) is 251 Å².